The molecule has 2 heterocycles. The van der Waals surface area contributed by atoms with Gasteiger partial charge in [0.25, 0.3) is 0 Å². The molecule has 158 valence electrons. The van der Waals surface area contributed by atoms with Crippen LogP contribution in [0.1, 0.15) is 37.3 Å². The van der Waals surface area contributed by atoms with E-state index in [2.05, 4.69) is 21.0 Å². The Bertz CT molecular complexity index is 836. The number of halogens is 1. The zero-order valence-corrected chi connectivity index (χ0v) is 18.0. The minimum atomic E-state index is -0.113. The summed E-state index contributed by atoms with van der Waals surface area (Å²) in [5.74, 6) is 0.379. The van der Waals surface area contributed by atoms with E-state index < -0.39 is 0 Å². The van der Waals surface area contributed by atoms with Crippen molar-refractivity contribution in [2.45, 2.75) is 32.7 Å². The number of aryl methyl sites for hydroxylation is 1. The van der Waals surface area contributed by atoms with E-state index >= 15 is 0 Å². The van der Waals surface area contributed by atoms with Crippen LogP contribution in [0, 0.1) is 11.8 Å². The Morgan fingerprint density at radius 2 is 2.10 bits per heavy atom. The van der Waals surface area contributed by atoms with Crippen molar-refractivity contribution in [1.29, 1.82) is 0 Å². The minimum absolute atomic E-state index is 0. The summed E-state index contributed by atoms with van der Waals surface area (Å²) >= 11 is 0. The van der Waals surface area contributed by atoms with E-state index in [4.69, 9.17) is 0 Å². The Morgan fingerprint density at radius 3 is 2.79 bits per heavy atom. The Kier molecular flexibility index (Phi) is 8.22. The maximum absolute atomic E-state index is 12.7. The number of hydrogen-bond donors (Lipinski definition) is 3. The molecule has 2 aromatic rings. The van der Waals surface area contributed by atoms with Gasteiger partial charge in [-0.2, -0.15) is 5.10 Å². The Labute approximate surface area is 178 Å². The number of hydrogen-bond acceptors (Lipinski definition) is 4. The van der Waals surface area contributed by atoms with E-state index in [0.717, 1.165) is 23.4 Å². The van der Waals surface area contributed by atoms with Crippen LogP contribution in [0.4, 0.5) is 5.69 Å². The third-order valence-corrected chi connectivity index (χ3v) is 4.98. The van der Waals surface area contributed by atoms with Crippen LogP contribution in [0.2, 0.25) is 0 Å². The second kappa shape index (κ2) is 10.4. The molecule has 0 aliphatic carbocycles. The molecule has 3 rings (SSSR count). The molecule has 1 fully saturated rings. The molecule has 1 saturated heterocycles. The normalized spacial score (nSPS) is 18.3. The summed E-state index contributed by atoms with van der Waals surface area (Å²) in [5, 5.41) is 13.5. The summed E-state index contributed by atoms with van der Waals surface area (Å²) in [5.41, 5.74) is 2.80. The third kappa shape index (κ3) is 6.30. The molecule has 3 N–H and O–H groups in total. The summed E-state index contributed by atoms with van der Waals surface area (Å²) in [7, 11) is 1.88. The number of amides is 2. The molecular formula is C21H30ClN5O2. The van der Waals surface area contributed by atoms with Gasteiger partial charge in [-0.3, -0.25) is 14.3 Å². The van der Waals surface area contributed by atoms with Crippen molar-refractivity contribution < 1.29 is 9.59 Å². The summed E-state index contributed by atoms with van der Waals surface area (Å²) in [4.78, 5) is 24.7. The summed E-state index contributed by atoms with van der Waals surface area (Å²) in [6.07, 6.45) is 4.30. The van der Waals surface area contributed by atoms with E-state index in [-0.39, 0.29) is 36.1 Å². The Hall–Kier alpha value is -2.38. The maximum atomic E-state index is 12.7. The molecule has 29 heavy (non-hydrogen) atoms. The minimum Gasteiger partial charge on any atom is -0.352 e. The molecule has 0 bridgehead atoms. The van der Waals surface area contributed by atoms with Crippen molar-refractivity contribution in [3.8, 4) is 0 Å². The van der Waals surface area contributed by atoms with E-state index in [1.165, 1.54) is 0 Å². The highest BCUT2D eigenvalue weighted by atomic mass is 35.5. The van der Waals surface area contributed by atoms with Gasteiger partial charge < -0.3 is 16.0 Å². The second-order valence-corrected chi connectivity index (χ2v) is 7.88. The van der Waals surface area contributed by atoms with Crippen molar-refractivity contribution in [2.24, 2.45) is 18.9 Å². The standard InChI is InChI=1S/C21H29N5O2.ClH/c1-14(2)7-20(27)25-17-6-4-5-15(8-17)9-23-21(28)19-12-22-11-18(19)16-10-24-26(3)13-16;/h4-6,8,10,13-14,18-19,22H,7,9,11-12H2,1-3H3,(H,23,28)(H,25,27);1H/t18-,19+;/m1./s1. The molecule has 0 spiro atoms. The van der Waals surface area contributed by atoms with Gasteiger partial charge in [0.15, 0.2) is 0 Å². The number of anilines is 1. The molecule has 1 aliphatic rings. The number of benzene rings is 1. The van der Waals surface area contributed by atoms with Crippen LogP contribution < -0.4 is 16.0 Å². The zero-order valence-electron chi connectivity index (χ0n) is 17.1. The topological polar surface area (TPSA) is 88.1 Å². The first-order valence-corrected chi connectivity index (χ1v) is 9.78. The first-order valence-electron chi connectivity index (χ1n) is 9.78. The lowest BCUT2D eigenvalue weighted by Crippen LogP contribution is -2.34. The maximum Gasteiger partial charge on any atom is 0.225 e. The fourth-order valence-electron chi connectivity index (χ4n) is 3.60. The van der Waals surface area contributed by atoms with E-state index in [1.54, 1.807) is 4.68 Å². The second-order valence-electron chi connectivity index (χ2n) is 7.88. The molecule has 1 aromatic heterocycles. The fourth-order valence-corrected chi connectivity index (χ4v) is 3.60. The summed E-state index contributed by atoms with van der Waals surface area (Å²) in [6.45, 7) is 5.91. The van der Waals surface area contributed by atoms with Gasteiger partial charge in [-0.1, -0.05) is 26.0 Å². The molecule has 0 radical (unpaired) electrons. The molecule has 8 heteroatoms. The smallest absolute Gasteiger partial charge is 0.225 e. The monoisotopic (exact) mass is 419 g/mol. The number of nitrogens with zero attached hydrogens (tertiary/aromatic N) is 2. The highest BCUT2D eigenvalue weighted by Crippen LogP contribution is 2.28. The van der Waals surface area contributed by atoms with Gasteiger partial charge in [-0.05, 0) is 29.2 Å². The number of carbonyl (C=O) groups excluding carboxylic acids is 2. The van der Waals surface area contributed by atoms with Gasteiger partial charge in [0, 0.05) is 50.9 Å². The third-order valence-electron chi connectivity index (χ3n) is 4.98. The number of aromatic nitrogens is 2. The average molecular weight is 420 g/mol. The largest absolute Gasteiger partial charge is 0.352 e. The van der Waals surface area contributed by atoms with E-state index in [9.17, 15) is 9.59 Å². The number of nitrogens with one attached hydrogen (secondary N) is 3. The van der Waals surface area contributed by atoms with E-state index in [0.29, 0.717) is 25.4 Å². The zero-order chi connectivity index (χ0) is 20.1. The average Bonchev–Trinajstić information content (AvgIpc) is 3.28. The first kappa shape index (κ1) is 22.9. The van der Waals surface area contributed by atoms with Crippen LogP contribution in [0.3, 0.4) is 0 Å². The number of rotatable bonds is 7. The van der Waals surface area contributed by atoms with Crippen molar-refractivity contribution in [3.05, 3.63) is 47.8 Å². The molecule has 1 aromatic carbocycles. The molecule has 2 amide bonds. The van der Waals surface area contributed by atoms with Gasteiger partial charge in [-0.15, -0.1) is 12.4 Å². The van der Waals surface area contributed by atoms with Crippen LogP contribution in [-0.4, -0.2) is 34.7 Å². The molecule has 0 unspecified atom stereocenters. The van der Waals surface area contributed by atoms with Crippen LogP contribution >= 0.6 is 12.4 Å². The van der Waals surface area contributed by atoms with Gasteiger partial charge in [0.1, 0.15) is 0 Å². The van der Waals surface area contributed by atoms with E-state index in [1.807, 2.05) is 57.6 Å². The van der Waals surface area contributed by atoms with Crippen molar-refractivity contribution in [2.75, 3.05) is 18.4 Å². The highest BCUT2D eigenvalue weighted by Gasteiger charge is 2.34. The molecule has 7 nitrogen and oxygen atoms in total. The van der Waals surface area contributed by atoms with Crippen LogP contribution in [-0.2, 0) is 23.2 Å². The van der Waals surface area contributed by atoms with Gasteiger partial charge in [-0.25, -0.2) is 0 Å². The predicted octanol–water partition coefficient (Wildman–Crippen LogP) is 2.45. The predicted molar refractivity (Wildman–Crippen MR) is 116 cm³/mol. The Morgan fingerprint density at radius 1 is 1.31 bits per heavy atom. The summed E-state index contributed by atoms with van der Waals surface area (Å²) < 4.78 is 1.77. The van der Waals surface area contributed by atoms with Crippen LogP contribution in [0.25, 0.3) is 0 Å². The quantitative estimate of drug-likeness (QED) is 0.643. The lowest BCUT2D eigenvalue weighted by molar-refractivity contribution is -0.125. The highest BCUT2D eigenvalue weighted by molar-refractivity contribution is 5.90. The van der Waals surface area contributed by atoms with Crippen molar-refractivity contribution >= 4 is 29.9 Å². The van der Waals surface area contributed by atoms with Gasteiger partial charge in [0.05, 0.1) is 12.1 Å². The van der Waals surface area contributed by atoms with Crippen molar-refractivity contribution in [1.82, 2.24) is 20.4 Å². The lowest BCUT2D eigenvalue weighted by Gasteiger charge is -2.17. The van der Waals surface area contributed by atoms with Crippen LogP contribution in [0.5, 0.6) is 0 Å². The van der Waals surface area contributed by atoms with Crippen molar-refractivity contribution in [3.63, 3.8) is 0 Å². The molecule has 2 atom stereocenters. The SMILES string of the molecule is CC(C)CC(=O)Nc1cccc(CNC(=O)[C@H]2CNC[C@@H]2c2cnn(C)c2)c1.Cl. The molecular weight excluding hydrogens is 390 g/mol. The fraction of sp³-hybridized carbons (Fsp3) is 0.476. The number of carbonyl (C=O) groups is 2. The van der Waals surface area contributed by atoms with Gasteiger partial charge >= 0.3 is 0 Å². The summed E-state index contributed by atoms with van der Waals surface area (Å²) in [6, 6.07) is 7.61. The first-order chi connectivity index (χ1) is 13.4. The lowest BCUT2D eigenvalue weighted by atomic mass is 9.90. The molecule has 1 aliphatic heterocycles. The molecule has 0 saturated carbocycles. The van der Waals surface area contributed by atoms with Crippen LogP contribution in [0.15, 0.2) is 36.7 Å². The van der Waals surface area contributed by atoms with Gasteiger partial charge in [0.2, 0.25) is 11.8 Å². The Balaban J connectivity index is 0.00000300.